The zero-order valence-corrected chi connectivity index (χ0v) is 17.0. The lowest BCUT2D eigenvalue weighted by atomic mass is 10.1. The second kappa shape index (κ2) is 8.92. The molecule has 0 N–H and O–H groups in total. The molecular formula is C20H17BrFN3OS. The SMILES string of the molecule is C=CCN=c1scc(-c2ccccc2F)n1N=Cc1cc(Br)ccc1OC. The van der Waals surface area contributed by atoms with Gasteiger partial charge in [-0.3, -0.25) is 4.99 Å². The van der Waals surface area contributed by atoms with Crippen molar-refractivity contribution in [1.82, 2.24) is 4.68 Å². The molecule has 0 aliphatic heterocycles. The maximum absolute atomic E-state index is 14.3. The lowest BCUT2D eigenvalue weighted by Crippen LogP contribution is -2.13. The Bertz CT molecular complexity index is 1060. The Labute approximate surface area is 169 Å². The van der Waals surface area contributed by atoms with Crippen LogP contribution < -0.4 is 9.54 Å². The second-order valence-corrected chi connectivity index (χ2v) is 7.21. The standard InChI is InChI=1S/C20H17BrFN3OS/c1-3-10-23-20-25(18(13-27-20)16-6-4-5-7-17(16)22)24-12-14-11-15(21)8-9-19(14)26-2/h3-9,11-13H,1,10H2,2H3. The smallest absolute Gasteiger partial charge is 0.206 e. The first-order valence-electron chi connectivity index (χ1n) is 8.08. The van der Waals surface area contributed by atoms with Gasteiger partial charge in [-0.25, -0.2) is 9.07 Å². The Morgan fingerprint density at radius 1 is 1.30 bits per heavy atom. The van der Waals surface area contributed by atoms with E-state index in [4.69, 9.17) is 4.74 Å². The van der Waals surface area contributed by atoms with Crippen LogP contribution >= 0.6 is 27.3 Å². The van der Waals surface area contributed by atoms with Gasteiger partial charge >= 0.3 is 0 Å². The summed E-state index contributed by atoms with van der Waals surface area (Å²) in [7, 11) is 1.61. The van der Waals surface area contributed by atoms with E-state index >= 15 is 0 Å². The highest BCUT2D eigenvalue weighted by atomic mass is 79.9. The van der Waals surface area contributed by atoms with Crippen molar-refractivity contribution in [3.63, 3.8) is 0 Å². The average Bonchev–Trinajstić information content (AvgIpc) is 3.07. The Morgan fingerprint density at radius 3 is 2.85 bits per heavy atom. The minimum atomic E-state index is -0.311. The van der Waals surface area contributed by atoms with Crippen molar-refractivity contribution in [2.45, 2.75) is 0 Å². The minimum absolute atomic E-state index is 0.311. The van der Waals surface area contributed by atoms with Gasteiger partial charge < -0.3 is 4.74 Å². The van der Waals surface area contributed by atoms with Crippen LogP contribution in [0.3, 0.4) is 0 Å². The molecule has 0 atom stereocenters. The van der Waals surface area contributed by atoms with E-state index < -0.39 is 0 Å². The number of halogens is 2. The van der Waals surface area contributed by atoms with Crippen LogP contribution in [0.15, 0.2) is 75.1 Å². The third kappa shape index (κ3) is 4.43. The fourth-order valence-corrected chi connectivity index (χ4v) is 3.66. The normalized spacial score (nSPS) is 11.9. The van der Waals surface area contributed by atoms with Crippen LogP contribution in [-0.2, 0) is 0 Å². The molecule has 4 nitrogen and oxygen atoms in total. The van der Waals surface area contributed by atoms with Crippen LogP contribution in [0.2, 0.25) is 0 Å². The molecule has 0 spiro atoms. The molecule has 3 rings (SSSR count). The van der Waals surface area contributed by atoms with Crippen LogP contribution in [0.5, 0.6) is 5.75 Å². The summed E-state index contributed by atoms with van der Waals surface area (Å²) in [4.78, 5) is 5.11. The van der Waals surface area contributed by atoms with E-state index in [1.807, 2.05) is 23.6 Å². The van der Waals surface area contributed by atoms with E-state index in [9.17, 15) is 4.39 Å². The van der Waals surface area contributed by atoms with Crippen molar-refractivity contribution < 1.29 is 9.13 Å². The number of hydrogen-bond acceptors (Lipinski definition) is 4. The minimum Gasteiger partial charge on any atom is -0.496 e. The predicted molar refractivity (Wildman–Crippen MR) is 112 cm³/mol. The zero-order valence-electron chi connectivity index (χ0n) is 14.6. The van der Waals surface area contributed by atoms with Gasteiger partial charge in [-0.15, -0.1) is 17.9 Å². The van der Waals surface area contributed by atoms with Crippen LogP contribution in [0.25, 0.3) is 11.3 Å². The number of nitrogens with zero attached hydrogens (tertiary/aromatic N) is 3. The highest BCUT2D eigenvalue weighted by Crippen LogP contribution is 2.24. The molecule has 1 aromatic heterocycles. The summed E-state index contributed by atoms with van der Waals surface area (Å²) in [5.41, 5.74) is 1.89. The second-order valence-electron chi connectivity index (χ2n) is 5.46. The molecule has 3 aromatic rings. The summed E-state index contributed by atoms with van der Waals surface area (Å²) in [5.74, 6) is 0.379. The fourth-order valence-electron chi connectivity index (χ4n) is 2.44. The number of benzene rings is 2. The Balaban J connectivity index is 2.13. The van der Waals surface area contributed by atoms with Gasteiger partial charge in [-0.1, -0.05) is 34.1 Å². The van der Waals surface area contributed by atoms with E-state index in [1.165, 1.54) is 17.4 Å². The first-order valence-corrected chi connectivity index (χ1v) is 9.76. The van der Waals surface area contributed by atoms with Gasteiger partial charge in [-0.05, 0) is 30.3 Å². The molecule has 138 valence electrons. The first-order chi connectivity index (χ1) is 13.1. The van der Waals surface area contributed by atoms with E-state index in [1.54, 1.807) is 42.3 Å². The Morgan fingerprint density at radius 2 is 2.11 bits per heavy atom. The molecule has 27 heavy (non-hydrogen) atoms. The molecule has 1 heterocycles. The lowest BCUT2D eigenvalue weighted by Gasteiger charge is -2.07. The molecule has 7 heteroatoms. The van der Waals surface area contributed by atoms with Gasteiger partial charge in [0.25, 0.3) is 0 Å². The maximum atomic E-state index is 14.3. The van der Waals surface area contributed by atoms with Crippen LogP contribution in [0.1, 0.15) is 5.56 Å². The molecule has 0 radical (unpaired) electrons. The van der Waals surface area contributed by atoms with Crippen molar-refractivity contribution in [3.05, 3.63) is 81.2 Å². The molecule has 0 bridgehead atoms. The highest BCUT2D eigenvalue weighted by Gasteiger charge is 2.11. The number of thiazole rings is 1. The summed E-state index contributed by atoms with van der Waals surface area (Å²) in [6.45, 7) is 4.14. The van der Waals surface area contributed by atoms with Crippen molar-refractivity contribution >= 4 is 33.5 Å². The fraction of sp³-hybridized carbons (Fsp3) is 0.100. The van der Waals surface area contributed by atoms with Crippen LogP contribution in [0.4, 0.5) is 4.39 Å². The quantitative estimate of drug-likeness (QED) is 0.384. The maximum Gasteiger partial charge on any atom is 0.206 e. The van der Waals surface area contributed by atoms with Crippen LogP contribution in [-0.4, -0.2) is 24.5 Å². The van der Waals surface area contributed by atoms with Crippen molar-refractivity contribution in [2.24, 2.45) is 10.1 Å². The number of aromatic nitrogens is 1. The summed E-state index contributed by atoms with van der Waals surface area (Å²) in [5, 5.41) is 6.41. The number of rotatable bonds is 6. The summed E-state index contributed by atoms with van der Waals surface area (Å²) in [6.07, 6.45) is 3.38. The predicted octanol–water partition coefficient (Wildman–Crippen LogP) is 5.10. The Kier molecular flexibility index (Phi) is 6.36. The molecule has 0 aliphatic rings. The van der Waals surface area contributed by atoms with Crippen molar-refractivity contribution in [1.29, 1.82) is 0 Å². The zero-order chi connectivity index (χ0) is 19.2. The van der Waals surface area contributed by atoms with Gasteiger partial charge in [0.2, 0.25) is 4.80 Å². The molecule has 2 aromatic carbocycles. The molecular weight excluding hydrogens is 429 g/mol. The molecule has 0 saturated heterocycles. The average molecular weight is 446 g/mol. The Hall–Kier alpha value is -2.51. The van der Waals surface area contributed by atoms with Gasteiger partial charge in [0.15, 0.2) is 0 Å². The molecule has 0 saturated carbocycles. The highest BCUT2D eigenvalue weighted by molar-refractivity contribution is 9.10. The van der Waals surface area contributed by atoms with Crippen LogP contribution in [0, 0.1) is 5.82 Å². The molecule has 0 amide bonds. The van der Waals surface area contributed by atoms with Gasteiger partial charge in [0.05, 0.1) is 25.6 Å². The van der Waals surface area contributed by atoms with Gasteiger partial charge in [0.1, 0.15) is 11.6 Å². The summed E-state index contributed by atoms with van der Waals surface area (Å²) < 4.78 is 22.2. The van der Waals surface area contributed by atoms with E-state index in [0.29, 0.717) is 28.4 Å². The van der Waals surface area contributed by atoms with E-state index in [2.05, 4.69) is 32.6 Å². The van der Waals surface area contributed by atoms with Gasteiger partial charge in [0, 0.05) is 21.0 Å². The first kappa shape index (κ1) is 19.3. The largest absolute Gasteiger partial charge is 0.496 e. The summed E-state index contributed by atoms with van der Waals surface area (Å²) >= 11 is 4.85. The van der Waals surface area contributed by atoms with Crippen molar-refractivity contribution in [2.75, 3.05) is 13.7 Å². The topological polar surface area (TPSA) is 38.9 Å². The summed E-state index contributed by atoms with van der Waals surface area (Å²) in [6, 6.07) is 12.3. The van der Waals surface area contributed by atoms with E-state index in [0.717, 1.165) is 10.0 Å². The molecule has 0 unspecified atom stereocenters. The molecule has 0 fully saturated rings. The number of methoxy groups -OCH3 is 1. The van der Waals surface area contributed by atoms with Crippen molar-refractivity contribution in [3.8, 4) is 17.0 Å². The lowest BCUT2D eigenvalue weighted by molar-refractivity contribution is 0.414. The monoisotopic (exact) mass is 445 g/mol. The number of ether oxygens (including phenoxy) is 1. The number of hydrogen-bond donors (Lipinski definition) is 0. The van der Waals surface area contributed by atoms with Gasteiger partial charge in [-0.2, -0.15) is 5.10 Å². The third-order valence-electron chi connectivity index (χ3n) is 3.69. The molecule has 0 aliphatic carbocycles. The third-order valence-corrected chi connectivity index (χ3v) is 5.04. The van der Waals surface area contributed by atoms with E-state index in [-0.39, 0.29) is 5.82 Å².